The van der Waals surface area contributed by atoms with Gasteiger partial charge in [0.25, 0.3) is 10.1 Å². The van der Waals surface area contributed by atoms with E-state index in [4.69, 9.17) is 4.55 Å². The van der Waals surface area contributed by atoms with Gasteiger partial charge in [0, 0.05) is 4.83 Å². The molecule has 0 fully saturated rings. The Labute approximate surface area is 63.3 Å². The molecule has 0 aliphatic carbocycles. The van der Waals surface area contributed by atoms with Gasteiger partial charge in [0.1, 0.15) is 0 Å². The summed E-state index contributed by atoms with van der Waals surface area (Å²) in [6, 6.07) is 0. The molecule has 0 aliphatic heterocycles. The predicted molar refractivity (Wildman–Crippen MR) is 39.4 cm³/mol. The van der Waals surface area contributed by atoms with Crippen LogP contribution in [-0.4, -0.2) is 23.6 Å². The van der Waals surface area contributed by atoms with E-state index in [2.05, 4.69) is 15.9 Å². The molecule has 3 nitrogen and oxygen atoms in total. The van der Waals surface area contributed by atoms with E-state index in [9.17, 15) is 8.42 Å². The van der Waals surface area contributed by atoms with Gasteiger partial charge in [-0.2, -0.15) is 8.42 Å². The molecule has 0 aliphatic rings. The zero-order chi connectivity index (χ0) is 7.49. The number of rotatable bonds is 3. The Kier molecular flexibility index (Phi) is 3.68. The Balaban J connectivity index is 3.53. The highest BCUT2D eigenvalue weighted by Gasteiger charge is 2.05. The average Bonchev–Trinajstić information content (AvgIpc) is 1.59. The molecule has 0 aromatic rings. The lowest BCUT2D eigenvalue weighted by Crippen LogP contribution is -2.07. The summed E-state index contributed by atoms with van der Waals surface area (Å²) in [5, 5.41) is 0. The van der Waals surface area contributed by atoms with Crippen molar-refractivity contribution in [2.24, 2.45) is 0 Å². The van der Waals surface area contributed by atoms with Crippen molar-refractivity contribution in [1.29, 1.82) is 0 Å². The summed E-state index contributed by atoms with van der Waals surface area (Å²) in [5.74, 6) is -0.167. The Hall–Kier alpha value is 0.390. The molecule has 0 bridgehead atoms. The molecule has 0 rings (SSSR count). The van der Waals surface area contributed by atoms with Gasteiger partial charge >= 0.3 is 0 Å². The molecule has 0 saturated heterocycles. The molecule has 5 heteroatoms. The van der Waals surface area contributed by atoms with Crippen molar-refractivity contribution in [3.8, 4) is 0 Å². The Morgan fingerprint density at radius 3 is 2.22 bits per heavy atom. The van der Waals surface area contributed by atoms with Crippen molar-refractivity contribution in [3.05, 3.63) is 0 Å². The lowest BCUT2D eigenvalue weighted by atomic mass is 10.4. The van der Waals surface area contributed by atoms with E-state index >= 15 is 0 Å². The van der Waals surface area contributed by atoms with Crippen molar-refractivity contribution in [3.63, 3.8) is 0 Å². The lowest BCUT2D eigenvalue weighted by molar-refractivity contribution is 0.481. The minimum Gasteiger partial charge on any atom is -0.286 e. The van der Waals surface area contributed by atoms with Gasteiger partial charge in [-0.1, -0.05) is 22.9 Å². The molecule has 0 radical (unpaired) electrons. The minimum atomic E-state index is -3.75. The van der Waals surface area contributed by atoms with E-state index in [1.54, 1.807) is 0 Å². The van der Waals surface area contributed by atoms with E-state index in [0.29, 0.717) is 6.42 Å². The van der Waals surface area contributed by atoms with Crippen molar-refractivity contribution in [2.45, 2.75) is 18.2 Å². The number of alkyl halides is 1. The largest absolute Gasteiger partial charge is 0.286 e. The maximum Gasteiger partial charge on any atom is 0.264 e. The highest BCUT2D eigenvalue weighted by atomic mass is 79.9. The first-order valence-electron chi connectivity index (χ1n) is 2.51. The molecule has 0 aromatic carbocycles. The fraction of sp³-hybridized carbons (Fsp3) is 1.00. The first-order valence-corrected chi connectivity index (χ1v) is 5.03. The number of hydrogen-bond donors (Lipinski definition) is 1. The Morgan fingerprint density at radius 1 is 1.67 bits per heavy atom. The summed E-state index contributed by atoms with van der Waals surface area (Å²) in [6.07, 6.45) is 0.443. The molecule has 1 unspecified atom stereocenters. The highest BCUT2D eigenvalue weighted by Crippen LogP contribution is 2.03. The Morgan fingerprint density at radius 2 is 2.11 bits per heavy atom. The van der Waals surface area contributed by atoms with Crippen molar-refractivity contribution < 1.29 is 13.0 Å². The van der Waals surface area contributed by atoms with Gasteiger partial charge in [-0.25, -0.2) is 0 Å². The highest BCUT2D eigenvalue weighted by molar-refractivity contribution is 9.09. The normalized spacial score (nSPS) is 15.4. The molecule has 0 amide bonds. The van der Waals surface area contributed by atoms with Crippen LogP contribution in [0.3, 0.4) is 0 Å². The molecule has 1 N–H and O–H groups in total. The van der Waals surface area contributed by atoms with Gasteiger partial charge in [0.05, 0.1) is 5.75 Å². The second kappa shape index (κ2) is 3.53. The van der Waals surface area contributed by atoms with Crippen LogP contribution in [0.1, 0.15) is 13.3 Å². The van der Waals surface area contributed by atoms with Crippen molar-refractivity contribution in [1.82, 2.24) is 0 Å². The number of hydrogen-bond acceptors (Lipinski definition) is 2. The minimum absolute atomic E-state index is 0.138. The van der Waals surface area contributed by atoms with Gasteiger partial charge in [0.2, 0.25) is 0 Å². The quantitative estimate of drug-likeness (QED) is 0.567. The van der Waals surface area contributed by atoms with Crippen LogP contribution in [0.5, 0.6) is 0 Å². The van der Waals surface area contributed by atoms with Crippen LogP contribution < -0.4 is 0 Å². The fourth-order valence-electron chi connectivity index (χ4n) is 0.311. The zero-order valence-corrected chi connectivity index (χ0v) is 7.44. The molecular formula is C4H9BrO3S. The van der Waals surface area contributed by atoms with E-state index < -0.39 is 10.1 Å². The van der Waals surface area contributed by atoms with E-state index in [1.807, 2.05) is 6.92 Å². The summed E-state index contributed by atoms with van der Waals surface area (Å²) in [4.78, 5) is 0.138. The standard InChI is InChI=1S/C4H9BrO3S/c1-4(5)2-3-9(6,7)8/h4H,2-3H2,1H3,(H,6,7,8). The zero-order valence-electron chi connectivity index (χ0n) is 5.04. The third kappa shape index (κ3) is 8.39. The predicted octanol–water partition coefficient (Wildman–Crippen LogP) is 1.05. The topological polar surface area (TPSA) is 54.4 Å². The third-order valence-corrected chi connectivity index (χ3v) is 1.98. The Bertz CT molecular complexity index is 161. The second-order valence-electron chi connectivity index (χ2n) is 1.86. The summed E-state index contributed by atoms with van der Waals surface area (Å²) in [5.41, 5.74) is 0. The van der Waals surface area contributed by atoms with Crippen LogP contribution >= 0.6 is 15.9 Å². The molecular weight excluding hydrogens is 208 g/mol. The van der Waals surface area contributed by atoms with E-state index in [-0.39, 0.29) is 10.6 Å². The van der Waals surface area contributed by atoms with Crippen molar-refractivity contribution >= 4 is 26.0 Å². The first-order chi connectivity index (χ1) is 3.92. The van der Waals surface area contributed by atoms with Gasteiger partial charge in [-0.15, -0.1) is 0 Å². The van der Waals surface area contributed by atoms with Crippen LogP contribution in [0, 0.1) is 0 Å². The maximum absolute atomic E-state index is 10.1. The molecule has 56 valence electrons. The van der Waals surface area contributed by atoms with Gasteiger partial charge in [0.15, 0.2) is 0 Å². The lowest BCUT2D eigenvalue weighted by Gasteiger charge is -1.97. The third-order valence-electron chi connectivity index (χ3n) is 0.774. The maximum atomic E-state index is 10.1. The van der Waals surface area contributed by atoms with E-state index in [1.165, 1.54) is 0 Å². The monoisotopic (exact) mass is 216 g/mol. The van der Waals surface area contributed by atoms with Gasteiger partial charge in [-0.3, -0.25) is 4.55 Å². The molecule has 9 heavy (non-hydrogen) atoms. The van der Waals surface area contributed by atoms with Crippen molar-refractivity contribution in [2.75, 3.05) is 5.75 Å². The number of halogens is 1. The molecule has 1 atom stereocenters. The first kappa shape index (κ1) is 9.39. The smallest absolute Gasteiger partial charge is 0.264 e. The average molecular weight is 217 g/mol. The fourth-order valence-corrected chi connectivity index (χ4v) is 1.49. The van der Waals surface area contributed by atoms with E-state index in [0.717, 1.165) is 0 Å². The summed E-state index contributed by atoms with van der Waals surface area (Å²) < 4.78 is 28.4. The van der Waals surface area contributed by atoms with Gasteiger partial charge < -0.3 is 0 Å². The molecule has 0 spiro atoms. The van der Waals surface area contributed by atoms with Crippen LogP contribution in [-0.2, 0) is 10.1 Å². The molecule has 0 heterocycles. The van der Waals surface area contributed by atoms with Crippen LogP contribution in [0.25, 0.3) is 0 Å². The van der Waals surface area contributed by atoms with Crippen LogP contribution in [0.15, 0.2) is 0 Å². The van der Waals surface area contributed by atoms with Gasteiger partial charge in [-0.05, 0) is 6.42 Å². The van der Waals surface area contributed by atoms with Crippen LogP contribution in [0.4, 0.5) is 0 Å². The second-order valence-corrected chi connectivity index (χ2v) is 4.99. The summed E-state index contributed by atoms with van der Waals surface area (Å²) in [7, 11) is -3.75. The molecule has 0 aromatic heterocycles. The summed E-state index contributed by atoms with van der Waals surface area (Å²) in [6.45, 7) is 1.82. The molecule has 0 saturated carbocycles. The SMILES string of the molecule is CC(Br)CCS(=O)(=O)O. The summed E-state index contributed by atoms with van der Waals surface area (Å²) >= 11 is 3.15. The van der Waals surface area contributed by atoms with Crippen LogP contribution in [0.2, 0.25) is 0 Å².